The largest absolute Gasteiger partial charge is 0.481 e. The molecule has 0 bridgehead atoms. The Hall–Kier alpha value is -2.55. The van der Waals surface area contributed by atoms with Gasteiger partial charge in [0.25, 0.3) is 0 Å². The van der Waals surface area contributed by atoms with Crippen LogP contribution >= 0.6 is 0 Å². The van der Waals surface area contributed by atoms with Crippen molar-refractivity contribution in [2.45, 2.75) is 38.6 Å². The Kier molecular flexibility index (Phi) is 5.77. The van der Waals surface area contributed by atoms with Crippen LogP contribution < -0.4 is 10.6 Å². The first-order valence-electron chi connectivity index (χ1n) is 8.93. The molecule has 2 aromatic rings. The first-order chi connectivity index (χ1) is 12.5. The summed E-state index contributed by atoms with van der Waals surface area (Å²) in [6.07, 6.45) is 3.38. The molecule has 1 aliphatic rings. The van der Waals surface area contributed by atoms with Crippen LogP contribution in [0.25, 0.3) is 0 Å². The van der Waals surface area contributed by atoms with Crippen LogP contribution in [0.1, 0.15) is 37.6 Å². The molecular formula is C17H25N7O2. The van der Waals surface area contributed by atoms with E-state index in [4.69, 9.17) is 0 Å². The van der Waals surface area contributed by atoms with Crippen LogP contribution in [0.3, 0.4) is 0 Å². The van der Waals surface area contributed by atoms with E-state index in [9.17, 15) is 9.90 Å². The van der Waals surface area contributed by atoms with Gasteiger partial charge in [-0.25, -0.2) is 10.1 Å². The fourth-order valence-electron chi connectivity index (χ4n) is 3.51. The Labute approximate surface area is 152 Å². The first kappa shape index (κ1) is 18.2. The Morgan fingerprint density at radius 1 is 1.42 bits per heavy atom. The fourth-order valence-corrected chi connectivity index (χ4v) is 3.51. The summed E-state index contributed by atoms with van der Waals surface area (Å²) < 4.78 is 0. The molecule has 0 saturated carbocycles. The summed E-state index contributed by atoms with van der Waals surface area (Å²) in [7, 11) is 0. The van der Waals surface area contributed by atoms with Gasteiger partial charge >= 0.3 is 5.97 Å². The third-order valence-electron chi connectivity index (χ3n) is 4.84. The van der Waals surface area contributed by atoms with Crippen molar-refractivity contribution in [2.24, 2.45) is 11.8 Å². The smallest absolute Gasteiger partial charge is 0.307 e. The van der Waals surface area contributed by atoms with Gasteiger partial charge in [-0.2, -0.15) is 0 Å². The third-order valence-corrected chi connectivity index (χ3v) is 4.84. The van der Waals surface area contributed by atoms with Crippen LogP contribution in [0.4, 0.5) is 5.82 Å². The maximum absolute atomic E-state index is 11.8. The van der Waals surface area contributed by atoms with Crippen molar-refractivity contribution in [1.29, 1.82) is 0 Å². The van der Waals surface area contributed by atoms with Crippen molar-refractivity contribution in [3.05, 3.63) is 29.7 Å². The summed E-state index contributed by atoms with van der Waals surface area (Å²) in [5.41, 5.74) is 0.952. The minimum Gasteiger partial charge on any atom is -0.481 e. The Bertz CT molecular complexity index is 696. The average Bonchev–Trinajstić information content (AvgIpc) is 3.28. The molecule has 0 amide bonds. The molecule has 1 aliphatic heterocycles. The molecule has 3 rings (SSSR count). The standard InChI is InChI=1S/C17H25N7O2/c1-10(2)15(17(25)26)13(16-21-23-24-22-16)7-11-3-4-14(19-8-11)20-12-5-6-18-9-12/h3-4,8,10,12-13,15,18H,5-7,9H2,1-2H3,(H,19,20)(H,25,26)(H,21,22,23,24)/t12?,13-,15-/m0/s1. The summed E-state index contributed by atoms with van der Waals surface area (Å²) in [5.74, 6) is -0.508. The number of aromatic amines is 1. The number of H-pyrrole nitrogens is 1. The maximum Gasteiger partial charge on any atom is 0.307 e. The van der Waals surface area contributed by atoms with Crippen molar-refractivity contribution in [3.8, 4) is 0 Å². The lowest BCUT2D eigenvalue weighted by Gasteiger charge is -2.24. The molecule has 9 heteroatoms. The molecule has 4 N–H and O–H groups in total. The van der Waals surface area contributed by atoms with Crippen LogP contribution in [0.15, 0.2) is 18.3 Å². The molecule has 0 spiro atoms. The highest BCUT2D eigenvalue weighted by molar-refractivity contribution is 5.71. The number of anilines is 1. The molecule has 1 unspecified atom stereocenters. The number of rotatable bonds is 8. The highest BCUT2D eigenvalue weighted by Gasteiger charge is 2.34. The monoisotopic (exact) mass is 359 g/mol. The number of aromatic nitrogens is 5. The number of aliphatic carboxylic acids is 1. The van der Waals surface area contributed by atoms with E-state index in [1.54, 1.807) is 6.20 Å². The zero-order chi connectivity index (χ0) is 18.5. The minimum absolute atomic E-state index is 0.0497. The predicted molar refractivity (Wildman–Crippen MR) is 95.7 cm³/mol. The van der Waals surface area contributed by atoms with E-state index in [0.717, 1.165) is 30.9 Å². The van der Waals surface area contributed by atoms with Crippen molar-refractivity contribution in [1.82, 2.24) is 30.9 Å². The van der Waals surface area contributed by atoms with E-state index in [0.29, 0.717) is 18.3 Å². The molecule has 1 saturated heterocycles. The number of hydrogen-bond acceptors (Lipinski definition) is 7. The van der Waals surface area contributed by atoms with Crippen molar-refractivity contribution < 1.29 is 9.90 Å². The topological polar surface area (TPSA) is 129 Å². The first-order valence-corrected chi connectivity index (χ1v) is 8.93. The van der Waals surface area contributed by atoms with Crippen LogP contribution in [-0.4, -0.2) is 55.8 Å². The summed E-state index contributed by atoms with van der Waals surface area (Å²) in [5, 5.41) is 30.3. The number of hydrogen-bond donors (Lipinski definition) is 4. The molecule has 3 heterocycles. The van der Waals surface area contributed by atoms with Gasteiger partial charge in [0.15, 0.2) is 5.82 Å². The van der Waals surface area contributed by atoms with Crippen LogP contribution in [0.5, 0.6) is 0 Å². The van der Waals surface area contributed by atoms with Gasteiger partial charge < -0.3 is 15.7 Å². The van der Waals surface area contributed by atoms with Gasteiger partial charge in [0.1, 0.15) is 5.82 Å². The third kappa shape index (κ3) is 4.34. The second kappa shape index (κ2) is 8.22. The van der Waals surface area contributed by atoms with E-state index in [1.807, 2.05) is 26.0 Å². The molecule has 9 nitrogen and oxygen atoms in total. The lowest BCUT2D eigenvalue weighted by atomic mass is 9.79. The van der Waals surface area contributed by atoms with Gasteiger partial charge in [0.05, 0.1) is 5.92 Å². The van der Waals surface area contributed by atoms with Crippen molar-refractivity contribution in [2.75, 3.05) is 18.4 Å². The van der Waals surface area contributed by atoms with Crippen molar-refractivity contribution in [3.63, 3.8) is 0 Å². The predicted octanol–water partition coefficient (Wildman–Crippen LogP) is 1.05. The summed E-state index contributed by atoms with van der Waals surface area (Å²) in [4.78, 5) is 16.3. The Balaban J connectivity index is 1.75. The highest BCUT2D eigenvalue weighted by atomic mass is 16.4. The van der Waals surface area contributed by atoms with Gasteiger partial charge in [-0.05, 0) is 47.4 Å². The van der Waals surface area contributed by atoms with Crippen LogP contribution in [0, 0.1) is 11.8 Å². The molecule has 26 heavy (non-hydrogen) atoms. The normalized spacial score (nSPS) is 19.4. The second-order valence-electron chi connectivity index (χ2n) is 7.09. The van der Waals surface area contributed by atoms with E-state index in [1.165, 1.54) is 0 Å². The van der Waals surface area contributed by atoms with E-state index >= 15 is 0 Å². The summed E-state index contributed by atoms with van der Waals surface area (Å²) in [6, 6.07) is 4.32. The minimum atomic E-state index is -0.846. The van der Waals surface area contributed by atoms with Crippen LogP contribution in [0.2, 0.25) is 0 Å². The fraction of sp³-hybridized carbons (Fsp3) is 0.588. The van der Waals surface area contributed by atoms with Gasteiger partial charge in [0, 0.05) is 24.7 Å². The molecule has 3 atom stereocenters. The SMILES string of the molecule is CC(C)[C@H](C(=O)O)[C@H](Cc1ccc(NC2CCNC2)nc1)c1nnn[nH]1. The lowest BCUT2D eigenvalue weighted by Crippen LogP contribution is -2.29. The number of nitrogens with zero attached hydrogens (tertiary/aromatic N) is 4. The Morgan fingerprint density at radius 3 is 2.81 bits per heavy atom. The van der Waals surface area contributed by atoms with E-state index in [-0.39, 0.29) is 11.8 Å². The number of carboxylic acids is 1. The zero-order valence-corrected chi connectivity index (χ0v) is 15.0. The zero-order valence-electron chi connectivity index (χ0n) is 15.0. The van der Waals surface area contributed by atoms with E-state index in [2.05, 4.69) is 36.2 Å². The summed E-state index contributed by atoms with van der Waals surface area (Å²) in [6.45, 7) is 5.76. The number of carboxylic acid groups (broad SMARTS) is 1. The van der Waals surface area contributed by atoms with E-state index < -0.39 is 11.9 Å². The average molecular weight is 359 g/mol. The molecule has 0 aliphatic carbocycles. The van der Waals surface area contributed by atoms with Gasteiger partial charge in [-0.1, -0.05) is 19.9 Å². The summed E-state index contributed by atoms with van der Waals surface area (Å²) >= 11 is 0. The second-order valence-corrected chi connectivity index (χ2v) is 7.09. The molecule has 0 radical (unpaired) electrons. The van der Waals surface area contributed by atoms with Crippen LogP contribution in [-0.2, 0) is 11.2 Å². The quantitative estimate of drug-likeness (QED) is 0.550. The van der Waals surface area contributed by atoms with Gasteiger partial charge in [0.2, 0.25) is 0 Å². The number of tetrazole rings is 1. The van der Waals surface area contributed by atoms with Gasteiger partial charge in [-0.15, -0.1) is 5.10 Å². The molecule has 0 aromatic carbocycles. The number of carbonyl (C=O) groups is 1. The number of nitrogens with one attached hydrogen (secondary N) is 3. The highest BCUT2D eigenvalue weighted by Crippen LogP contribution is 2.31. The molecule has 140 valence electrons. The Morgan fingerprint density at radius 2 is 2.27 bits per heavy atom. The lowest BCUT2D eigenvalue weighted by molar-refractivity contribution is -0.144. The maximum atomic E-state index is 11.8. The van der Waals surface area contributed by atoms with Gasteiger partial charge in [-0.3, -0.25) is 4.79 Å². The van der Waals surface area contributed by atoms with Crippen molar-refractivity contribution >= 4 is 11.8 Å². The molecule has 1 fully saturated rings. The molecule has 2 aromatic heterocycles. The number of pyridine rings is 1. The molecular weight excluding hydrogens is 334 g/mol.